The van der Waals surface area contributed by atoms with Crippen LogP contribution in [0.1, 0.15) is 24.3 Å². The smallest absolute Gasteiger partial charge is 0.229 e. The number of benzene rings is 2. The zero-order chi connectivity index (χ0) is 25.1. The van der Waals surface area contributed by atoms with E-state index >= 15 is 0 Å². The van der Waals surface area contributed by atoms with Crippen molar-refractivity contribution < 1.29 is 17.9 Å². The molecule has 0 radical (unpaired) electrons. The lowest BCUT2D eigenvalue weighted by atomic mass is 10.2. The van der Waals surface area contributed by atoms with Gasteiger partial charge in [-0.3, -0.25) is 4.72 Å². The van der Waals surface area contributed by atoms with Gasteiger partial charge in [0.15, 0.2) is 0 Å². The number of rotatable bonds is 9. The Morgan fingerprint density at radius 2 is 1.78 bits per heavy atom. The Morgan fingerprint density at radius 3 is 2.47 bits per heavy atom. The van der Waals surface area contributed by atoms with Gasteiger partial charge in [0.1, 0.15) is 11.6 Å². The summed E-state index contributed by atoms with van der Waals surface area (Å²) in [6, 6.07) is 13.1. The van der Waals surface area contributed by atoms with Crippen LogP contribution in [-0.4, -0.2) is 58.1 Å². The summed E-state index contributed by atoms with van der Waals surface area (Å²) in [5, 5.41) is 6.60. The number of sulfonamides is 1. The van der Waals surface area contributed by atoms with Gasteiger partial charge >= 0.3 is 0 Å². The van der Waals surface area contributed by atoms with E-state index in [1.165, 1.54) is 0 Å². The molecule has 0 amide bonds. The monoisotopic (exact) mass is 510 g/mol. The summed E-state index contributed by atoms with van der Waals surface area (Å²) in [6.45, 7) is 3.10. The summed E-state index contributed by atoms with van der Waals surface area (Å²) >= 11 is 0. The molecule has 2 fully saturated rings. The van der Waals surface area contributed by atoms with Gasteiger partial charge in [0, 0.05) is 36.6 Å². The lowest BCUT2D eigenvalue weighted by Gasteiger charge is -2.29. The van der Waals surface area contributed by atoms with Gasteiger partial charge in [-0.25, -0.2) is 13.4 Å². The molecule has 1 saturated heterocycles. The van der Waals surface area contributed by atoms with Crippen molar-refractivity contribution in [1.29, 1.82) is 0 Å². The molecule has 36 heavy (non-hydrogen) atoms. The minimum absolute atomic E-state index is 0.388. The number of nitrogens with one attached hydrogen (secondary N) is 3. The molecule has 0 spiro atoms. The Morgan fingerprint density at radius 1 is 1.03 bits per heavy atom. The third-order valence-corrected chi connectivity index (χ3v) is 6.71. The fourth-order valence-corrected chi connectivity index (χ4v) is 4.75. The number of methoxy groups -OCH3 is 1. The van der Waals surface area contributed by atoms with Crippen molar-refractivity contribution >= 4 is 44.5 Å². The highest BCUT2D eigenvalue weighted by Crippen LogP contribution is 2.44. The van der Waals surface area contributed by atoms with E-state index in [4.69, 9.17) is 14.5 Å². The van der Waals surface area contributed by atoms with Gasteiger partial charge < -0.3 is 25.0 Å². The van der Waals surface area contributed by atoms with Crippen molar-refractivity contribution in [1.82, 2.24) is 9.97 Å². The first kappa shape index (κ1) is 24.1. The van der Waals surface area contributed by atoms with E-state index in [9.17, 15) is 8.42 Å². The molecule has 1 aliphatic heterocycles. The molecule has 10 nitrogen and oxygen atoms in total. The predicted octanol–water partition coefficient (Wildman–Crippen LogP) is 4.06. The molecule has 2 aliphatic rings. The Hall–Kier alpha value is -3.57. The van der Waals surface area contributed by atoms with Crippen molar-refractivity contribution in [3.63, 3.8) is 0 Å². The molecule has 1 aliphatic carbocycles. The van der Waals surface area contributed by atoms with E-state index in [0.29, 0.717) is 48.0 Å². The van der Waals surface area contributed by atoms with Gasteiger partial charge in [0.05, 0.1) is 43.6 Å². The van der Waals surface area contributed by atoms with Crippen molar-refractivity contribution in [3.8, 4) is 5.75 Å². The third kappa shape index (κ3) is 5.80. The Kier molecular flexibility index (Phi) is 6.84. The third-order valence-electron chi connectivity index (χ3n) is 6.12. The zero-order valence-electron chi connectivity index (χ0n) is 20.3. The van der Waals surface area contributed by atoms with Crippen LogP contribution in [0.3, 0.4) is 0 Å². The van der Waals surface area contributed by atoms with E-state index < -0.39 is 10.0 Å². The number of hydrogen-bond donors (Lipinski definition) is 3. The number of morpholine rings is 1. The van der Waals surface area contributed by atoms with Crippen molar-refractivity contribution in [2.75, 3.05) is 59.9 Å². The topological polar surface area (TPSA) is 118 Å². The SMILES string of the molecule is COc1cc(N2CCOCC2)ccc1Nc1ncc(C2CC2)c(Nc2ccccc2NS(C)(=O)=O)n1. The molecule has 5 rings (SSSR count). The second-order valence-corrected chi connectivity index (χ2v) is 10.7. The van der Waals surface area contributed by atoms with Crippen molar-refractivity contribution in [3.05, 3.63) is 54.2 Å². The molecule has 3 N–H and O–H groups in total. The minimum Gasteiger partial charge on any atom is -0.494 e. The Bertz CT molecular complexity index is 1340. The molecule has 1 saturated carbocycles. The van der Waals surface area contributed by atoms with Gasteiger partial charge in [-0.1, -0.05) is 12.1 Å². The van der Waals surface area contributed by atoms with Crippen molar-refractivity contribution in [2.45, 2.75) is 18.8 Å². The zero-order valence-corrected chi connectivity index (χ0v) is 21.1. The highest BCUT2D eigenvalue weighted by molar-refractivity contribution is 7.92. The summed E-state index contributed by atoms with van der Waals surface area (Å²) in [5.41, 5.74) is 3.89. The van der Waals surface area contributed by atoms with Gasteiger partial charge in [-0.2, -0.15) is 4.98 Å². The maximum atomic E-state index is 11.8. The molecule has 190 valence electrons. The molecule has 0 unspecified atom stereocenters. The first-order chi connectivity index (χ1) is 17.4. The van der Waals surface area contributed by atoms with Gasteiger partial charge in [0.2, 0.25) is 16.0 Å². The first-order valence-corrected chi connectivity index (χ1v) is 13.8. The van der Waals surface area contributed by atoms with Gasteiger partial charge in [-0.05, 0) is 43.0 Å². The standard InChI is InChI=1S/C25H30N6O4S/c1-34-23-15-18(31-11-13-35-14-12-31)9-10-22(23)28-25-26-16-19(17-7-8-17)24(29-25)27-20-5-3-4-6-21(20)30-36(2,32)33/h3-6,9-10,15-17,30H,7-8,11-14H2,1-2H3,(H2,26,27,28,29). The lowest BCUT2D eigenvalue weighted by Crippen LogP contribution is -2.36. The molecule has 3 aromatic rings. The second kappa shape index (κ2) is 10.2. The van der Waals surface area contributed by atoms with E-state index in [1.807, 2.05) is 36.5 Å². The molecular formula is C25H30N6O4S. The normalized spacial score (nSPS) is 15.9. The molecular weight excluding hydrogens is 480 g/mol. The Balaban J connectivity index is 1.42. The molecule has 2 aromatic carbocycles. The minimum atomic E-state index is -3.43. The molecule has 1 aromatic heterocycles. The largest absolute Gasteiger partial charge is 0.494 e. The van der Waals surface area contributed by atoms with Crippen LogP contribution >= 0.6 is 0 Å². The highest BCUT2D eigenvalue weighted by atomic mass is 32.2. The first-order valence-electron chi connectivity index (χ1n) is 11.9. The van der Waals surface area contributed by atoms with Gasteiger partial charge in [-0.15, -0.1) is 0 Å². The number of aromatic nitrogens is 2. The summed E-state index contributed by atoms with van der Waals surface area (Å²) in [6.07, 6.45) is 5.11. The van der Waals surface area contributed by atoms with Crippen LogP contribution < -0.4 is 25.0 Å². The van der Waals surface area contributed by atoms with Crippen LogP contribution in [0.4, 0.5) is 34.5 Å². The highest BCUT2D eigenvalue weighted by Gasteiger charge is 2.28. The quantitative estimate of drug-likeness (QED) is 0.392. The maximum absolute atomic E-state index is 11.8. The molecule has 0 atom stereocenters. The summed E-state index contributed by atoms with van der Waals surface area (Å²) in [7, 11) is -1.80. The van der Waals surface area contributed by atoms with E-state index in [2.05, 4.69) is 25.2 Å². The van der Waals surface area contributed by atoms with Crippen LogP contribution in [0.15, 0.2) is 48.7 Å². The molecule has 0 bridgehead atoms. The van der Waals surface area contributed by atoms with Crippen molar-refractivity contribution in [2.24, 2.45) is 0 Å². The number of hydrogen-bond acceptors (Lipinski definition) is 9. The summed E-state index contributed by atoms with van der Waals surface area (Å²) < 4.78 is 37.3. The van der Waals surface area contributed by atoms with E-state index in [-0.39, 0.29) is 0 Å². The van der Waals surface area contributed by atoms with Crippen LogP contribution in [-0.2, 0) is 14.8 Å². The van der Waals surface area contributed by atoms with Gasteiger partial charge in [0.25, 0.3) is 0 Å². The Labute approximate surface area is 211 Å². The summed E-state index contributed by atoms with van der Waals surface area (Å²) in [5.74, 6) is 2.12. The van der Waals surface area contributed by atoms with Crippen LogP contribution in [0, 0.1) is 0 Å². The van der Waals surface area contributed by atoms with E-state index in [0.717, 1.165) is 49.1 Å². The average molecular weight is 511 g/mol. The fraction of sp³-hybridized carbons (Fsp3) is 0.360. The number of anilines is 6. The average Bonchev–Trinajstić information content (AvgIpc) is 3.71. The predicted molar refractivity (Wildman–Crippen MR) is 142 cm³/mol. The molecule has 11 heteroatoms. The number of ether oxygens (including phenoxy) is 2. The summed E-state index contributed by atoms with van der Waals surface area (Å²) in [4.78, 5) is 11.6. The fourth-order valence-electron chi connectivity index (χ4n) is 4.17. The van der Waals surface area contributed by atoms with Crippen LogP contribution in [0.2, 0.25) is 0 Å². The van der Waals surface area contributed by atoms with Crippen LogP contribution in [0.25, 0.3) is 0 Å². The number of para-hydroxylation sites is 2. The number of nitrogens with zero attached hydrogens (tertiary/aromatic N) is 3. The molecule has 2 heterocycles. The lowest BCUT2D eigenvalue weighted by molar-refractivity contribution is 0.122. The van der Waals surface area contributed by atoms with E-state index in [1.54, 1.807) is 19.2 Å². The van der Waals surface area contributed by atoms with Crippen LogP contribution in [0.5, 0.6) is 5.75 Å². The maximum Gasteiger partial charge on any atom is 0.229 e. The second-order valence-electron chi connectivity index (χ2n) is 8.93.